The molecule has 0 bridgehead atoms. The molecule has 0 fully saturated rings. The van der Waals surface area contributed by atoms with Crippen LogP contribution in [0.3, 0.4) is 0 Å². The summed E-state index contributed by atoms with van der Waals surface area (Å²) < 4.78 is 2.82. The van der Waals surface area contributed by atoms with Gasteiger partial charge in [-0.25, -0.2) is 0 Å². The van der Waals surface area contributed by atoms with Gasteiger partial charge in [-0.05, 0) is 49.7 Å². The number of aryl methyl sites for hydroxylation is 1. The Morgan fingerprint density at radius 1 is 1.27 bits per heavy atom. The van der Waals surface area contributed by atoms with Gasteiger partial charge in [0, 0.05) is 27.6 Å². The zero-order valence-corrected chi connectivity index (χ0v) is 16.8. The van der Waals surface area contributed by atoms with E-state index >= 15 is 0 Å². The van der Waals surface area contributed by atoms with E-state index in [9.17, 15) is 9.59 Å². The van der Waals surface area contributed by atoms with E-state index in [0.717, 1.165) is 15.6 Å². The molecule has 0 aliphatic heterocycles. The molecule has 1 amide bonds. The standard InChI is InChI=1S/C20H18BrClN2O2/c1-3-24-11-17(19(25)16-10-15(22)7-8-18(16)24)20(26)23-12(2)13-5-4-6-14(21)9-13/h4-12H,3H2,1-2H3,(H,23,26). The zero-order valence-electron chi connectivity index (χ0n) is 14.4. The number of aromatic nitrogens is 1. The van der Waals surface area contributed by atoms with Gasteiger partial charge in [0.1, 0.15) is 5.56 Å². The van der Waals surface area contributed by atoms with Crippen molar-refractivity contribution in [2.45, 2.75) is 26.4 Å². The Kier molecular flexibility index (Phi) is 5.49. The fraction of sp³-hybridized carbons (Fsp3) is 0.200. The molecule has 1 unspecified atom stereocenters. The van der Waals surface area contributed by atoms with Crippen LogP contribution in [0.5, 0.6) is 0 Å². The van der Waals surface area contributed by atoms with Crippen molar-refractivity contribution in [3.63, 3.8) is 0 Å². The van der Waals surface area contributed by atoms with Crippen LogP contribution in [0.15, 0.2) is 57.9 Å². The number of hydrogen-bond donors (Lipinski definition) is 1. The zero-order chi connectivity index (χ0) is 18.8. The van der Waals surface area contributed by atoms with Crippen molar-refractivity contribution in [1.82, 2.24) is 9.88 Å². The van der Waals surface area contributed by atoms with Crippen molar-refractivity contribution in [1.29, 1.82) is 0 Å². The highest BCUT2D eigenvalue weighted by molar-refractivity contribution is 9.10. The summed E-state index contributed by atoms with van der Waals surface area (Å²) in [4.78, 5) is 25.6. The molecular weight excluding hydrogens is 416 g/mol. The summed E-state index contributed by atoms with van der Waals surface area (Å²) in [7, 11) is 0. The maximum Gasteiger partial charge on any atom is 0.257 e. The van der Waals surface area contributed by atoms with Crippen LogP contribution in [0.2, 0.25) is 5.02 Å². The Bertz CT molecular complexity index is 1050. The Labute approximate surface area is 164 Å². The number of rotatable bonds is 4. The van der Waals surface area contributed by atoms with Crippen LogP contribution in [-0.4, -0.2) is 10.5 Å². The number of nitrogens with zero attached hydrogens (tertiary/aromatic N) is 1. The largest absolute Gasteiger partial charge is 0.347 e. The summed E-state index contributed by atoms with van der Waals surface area (Å²) in [5, 5.41) is 3.82. The van der Waals surface area contributed by atoms with Gasteiger partial charge in [0.25, 0.3) is 5.91 Å². The predicted molar refractivity (Wildman–Crippen MR) is 109 cm³/mol. The molecular formula is C20H18BrClN2O2. The van der Waals surface area contributed by atoms with Crippen molar-refractivity contribution in [2.75, 3.05) is 0 Å². The molecule has 2 aromatic carbocycles. The molecule has 3 aromatic rings. The van der Waals surface area contributed by atoms with Crippen LogP contribution < -0.4 is 10.7 Å². The predicted octanol–water partition coefficient (Wildman–Crippen LogP) is 4.93. The first-order valence-electron chi connectivity index (χ1n) is 8.29. The van der Waals surface area contributed by atoms with E-state index in [0.29, 0.717) is 17.0 Å². The third-order valence-corrected chi connectivity index (χ3v) is 5.05. The summed E-state index contributed by atoms with van der Waals surface area (Å²) >= 11 is 9.47. The minimum Gasteiger partial charge on any atom is -0.347 e. The molecule has 0 radical (unpaired) electrons. The monoisotopic (exact) mass is 432 g/mol. The third kappa shape index (κ3) is 3.69. The van der Waals surface area contributed by atoms with Crippen LogP contribution >= 0.6 is 27.5 Å². The highest BCUT2D eigenvalue weighted by Crippen LogP contribution is 2.20. The molecule has 3 rings (SSSR count). The number of carbonyl (C=O) groups excluding carboxylic acids is 1. The Morgan fingerprint density at radius 2 is 2.04 bits per heavy atom. The lowest BCUT2D eigenvalue weighted by Crippen LogP contribution is -2.31. The van der Waals surface area contributed by atoms with Crippen molar-refractivity contribution in [3.8, 4) is 0 Å². The van der Waals surface area contributed by atoms with E-state index in [2.05, 4.69) is 21.2 Å². The lowest BCUT2D eigenvalue weighted by Gasteiger charge is -2.16. The summed E-state index contributed by atoms with van der Waals surface area (Å²) in [6.07, 6.45) is 1.61. The average Bonchev–Trinajstić information content (AvgIpc) is 2.62. The van der Waals surface area contributed by atoms with Gasteiger partial charge in [0.2, 0.25) is 5.43 Å². The first-order valence-corrected chi connectivity index (χ1v) is 9.47. The molecule has 4 nitrogen and oxygen atoms in total. The van der Waals surface area contributed by atoms with Gasteiger partial charge in [0.05, 0.1) is 11.6 Å². The highest BCUT2D eigenvalue weighted by Gasteiger charge is 2.18. The van der Waals surface area contributed by atoms with Gasteiger partial charge in [-0.2, -0.15) is 0 Å². The number of carbonyl (C=O) groups is 1. The summed E-state index contributed by atoms with van der Waals surface area (Å²) in [5.41, 5.74) is 1.51. The molecule has 1 aromatic heterocycles. The molecule has 0 aliphatic rings. The van der Waals surface area contributed by atoms with Gasteiger partial charge in [-0.15, -0.1) is 0 Å². The normalized spacial score (nSPS) is 12.2. The van der Waals surface area contributed by atoms with Crippen LogP contribution in [0.4, 0.5) is 0 Å². The lowest BCUT2D eigenvalue weighted by atomic mass is 10.1. The number of nitrogens with one attached hydrogen (secondary N) is 1. The van der Waals surface area contributed by atoms with E-state index < -0.39 is 5.91 Å². The lowest BCUT2D eigenvalue weighted by molar-refractivity contribution is 0.0938. The number of benzene rings is 2. The first kappa shape index (κ1) is 18.7. The molecule has 0 saturated carbocycles. The van der Waals surface area contributed by atoms with Crippen LogP contribution in [-0.2, 0) is 6.54 Å². The minimum atomic E-state index is -0.397. The second-order valence-corrected chi connectivity index (χ2v) is 7.42. The molecule has 0 spiro atoms. The molecule has 0 saturated heterocycles. The summed E-state index contributed by atoms with van der Waals surface area (Å²) in [6, 6.07) is 12.6. The summed E-state index contributed by atoms with van der Waals surface area (Å²) in [6.45, 7) is 4.49. The minimum absolute atomic E-state index is 0.114. The van der Waals surface area contributed by atoms with Crippen molar-refractivity contribution < 1.29 is 4.79 Å². The molecule has 1 atom stereocenters. The van der Waals surface area contributed by atoms with E-state index in [1.165, 1.54) is 0 Å². The van der Waals surface area contributed by atoms with Crippen LogP contribution in [0.1, 0.15) is 35.8 Å². The Morgan fingerprint density at radius 3 is 2.73 bits per heavy atom. The van der Waals surface area contributed by atoms with Crippen LogP contribution in [0, 0.1) is 0 Å². The molecule has 0 aliphatic carbocycles. The maximum atomic E-state index is 12.8. The van der Waals surface area contributed by atoms with E-state index in [1.807, 2.05) is 42.7 Å². The number of amides is 1. The van der Waals surface area contributed by atoms with E-state index in [-0.39, 0.29) is 17.0 Å². The maximum absolute atomic E-state index is 12.8. The van der Waals surface area contributed by atoms with Gasteiger partial charge < -0.3 is 9.88 Å². The van der Waals surface area contributed by atoms with Crippen molar-refractivity contribution in [2.24, 2.45) is 0 Å². The third-order valence-electron chi connectivity index (χ3n) is 4.32. The van der Waals surface area contributed by atoms with E-state index in [4.69, 9.17) is 11.6 Å². The molecule has 6 heteroatoms. The quantitative estimate of drug-likeness (QED) is 0.634. The Balaban J connectivity index is 2.00. The number of fused-ring (bicyclic) bond motifs is 1. The first-order chi connectivity index (χ1) is 12.4. The molecule has 134 valence electrons. The number of hydrogen-bond acceptors (Lipinski definition) is 2. The van der Waals surface area contributed by atoms with Gasteiger partial charge >= 0.3 is 0 Å². The van der Waals surface area contributed by atoms with Crippen LogP contribution in [0.25, 0.3) is 10.9 Å². The molecule has 1 heterocycles. The second kappa shape index (κ2) is 7.64. The second-order valence-electron chi connectivity index (χ2n) is 6.07. The molecule has 26 heavy (non-hydrogen) atoms. The average molecular weight is 434 g/mol. The topological polar surface area (TPSA) is 51.1 Å². The number of pyridine rings is 1. The summed E-state index contributed by atoms with van der Waals surface area (Å²) in [5.74, 6) is -0.397. The fourth-order valence-electron chi connectivity index (χ4n) is 2.93. The Hall–Kier alpha value is -2.11. The van der Waals surface area contributed by atoms with Gasteiger partial charge in [0.15, 0.2) is 0 Å². The van der Waals surface area contributed by atoms with Gasteiger partial charge in [-0.3, -0.25) is 9.59 Å². The SMILES string of the molecule is CCn1cc(C(=O)NC(C)c2cccc(Br)c2)c(=O)c2cc(Cl)ccc21. The van der Waals surface area contributed by atoms with E-state index in [1.54, 1.807) is 24.4 Å². The smallest absolute Gasteiger partial charge is 0.257 e. The molecule has 1 N–H and O–H groups in total. The van der Waals surface area contributed by atoms with Crippen molar-refractivity contribution >= 4 is 44.3 Å². The van der Waals surface area contributed by atoms with Crippen molar-refractivity contribution in [3.05, 3.63) is 79.5 Å². The highest BCUT2D eigenvalue weighted by atomic mass is 79.9. The van der Waals surface area contributed by atoms with Gasteiger partial charge in [-0.1, -0.05) is 39.7 Å². The number of halogens is 2. The fourth-order valence-corrected chi connectivity index (χ4v) is 3.52.